The van der Waals surface area contributed by atoms with Gasteiger partial charge in [-0.3, -0.25) is 5.10 Å². The fourth-order valence-electron chi connectivity index (χ4n) is 3.01. The number of rotatable bonds is 2. The molecule has 112 valence electrons. The van der Waals surface area contributed by atoms with Crippen LogP contribution in [0, 0.1) is 13.8 Å². The molecule has 2 unspecified atom stereocenters. The van der Waals surface area contributed by atoms with Gasteiger partial charge in [-0.25, -0.2) is 0 Å². The summed E-state index contributed by atoms with van der Waals surface area (Å²) in [6, 6.07) is 7.19. The smallest absolute Gasteiger partial charge is 0.245 e. The van der Waals surface area contributed by atoms with Crippen LogP contribution < -0.4 is 10.2 Å². The molecule has 5 heteroatoms. The highest BCUT2D eigenvalue weighted by molar-refractivity contribution is 5.62. The van der Waals surface area contributed by atoms with E-state index in [0.717, 1.165) is 30.4 Å². The number of nitrogens with one attached hydrogen (secondary N) is 2. The number of aromatic amines is 1. The summed E-state index contributed by atoms with van der Waals surface area (Å²) in [6.45, 7) is 10.5. The highest BCUT2D eigenvalue weighted by Gasteiger charge is 2.24. The van der Waals surface area contributed by atoms with E-state index in [1.165, 1.54) is 11.1 Å². The van der Waals surface area contributed by atoms with Crippen LogP contribution in [0.2, 0.25) is 0 Å². The van der Waals surface area contributed by atoms with Gasteiger partial charge in [0.2, 0.25) is 5.95 Å². The van der Waals surface area contributed by atoms with Crippen molar-refractivity contribution in [2.45, 2.75) is 39.8 Å². The van der Waals surface area contributed by atoms with Crippen LogP contribution >= 0.6 is 0 Å². The standard InChI is InChI=1S/C16H23N5/c1-10-6-5-7-14(13(10)4)15-18-16(20-19-15)21-8-11(2)17-12(3)9-21/h5-7,11-12,17H,8-9H2,1-4H3,(H,18,19,20). The quantitative estimate of drug-likeness (QED) is 0.889. The number of nitrogens with zero attached hydrogens (tertiary/aromatic N) is 3. The number of aromatic nitrogens is 3. The molecule has 0 amide bonds. The zero-order valence-electron chi connectivity index (χ0n) is 13.1. The molecule has 21 heavy (non-hydrogen) atoms. The zero-order valence-corrected chi connectivity index (χ0v) is 13.1. The summed E-state index contributed by atoms with van der Waals surface area (Å²) < 4.78 is 0. The minimum atomic E-state index is 0.455. The summed E-state index contributed by atoms with van der Waals surface area (Å²) >= 11 is 0. The Morgan fingerprint density at radius 1 is 1.14 bits per heavy atom. The predicted octanol–water partition coefficient (Wildman–Crippen LogP) is 2.28. The molecule has 2 N–H and O–H groups in total. The summed E-state index contributed by atoms with van der Waals surface area (Å²) in [5.74, 6) is 1.65. The molecule has 1 aliphatic heterocycles. The van der Waals surface area contributed by atoms with Crippen molar-refractivity contribution in [3.05, 3.63) is 29.3 Å². The minimum absolute atomic E-state index is 0.455. The van der Waals surface area contributed by atoms with E-state index in [1.54, 1.807) is 0 Å². The monoisotopic (exact) mass is 285 g/mol. The fraction of sp³-hybridized carbons (Fsp3) is 0.500. The van der Waals surface area contributed by atoms with Gasteiger partial charge in [0.25, 0.3) is 0 Å². The Bertz CT molecular complexity index is 623. The molecule has 0 saturated carbocycles. The first-order valence-corrected chi connectivity index (χ1v) is 7.54. The van der Waals surface area contributed by atoms with Crippen LogP contribution in [0.5, 0.6) is 0 Å². The summed E-state index contributed by atoms with van der Waals surface area (Å²) in [7, 11) is 0. The lowest BCUT2D eigenvalue weighted by molar-refractivity contribution is 0.403. The zero-order chi connectivity index (χ0) is 15.0. The average Bonchev–Trinajstić information content (AvgIpc) is 2.90. The van der Waals surface area contributed by atoms with Crippen LogP contribution in [-0.4, -0.2) is 40.4 Å². The molecule has 1 saturated heterocycles. The molecule has 2 heterocycles. The maximum atomic E-state index is 4.71. The number of aryl methyl sites for hydroxylation is 1. The molecule has 5 nitrogen and oxygen atoms in total. The number of hydrogen-bond donors (Lipinski definition) is 2. The van der Waals surface area contributed by atoms with Gasteiger partial charge >= 0.3 is 0 Å². The Balaban J connectivity index is 1.88. The Hall–Kier alpha value is -1.88. The van der Waals surface area contributed by atoms with Crippen molar-refractivity contribution in [3.63, 3.8) is 0 Å². The van der Waals surface area contributed by atoms with E-state index >= 15 is 0 Å². The van der Waals surface area contributed by atoms with Gasteiger partial charge in [-0.2, -0.15) is 4.98 Å². The fourth-order valence-corrected chi connectivity index (χ4v) is 3.01. The second-order valence-corrected chi connectivity index (χ2v) is 6.11. The molecule has 2 atom stereocenters. The van der Waals surface area contributed by atoms with Gasteiger partial charge in [0.15, 0.2) is 5.82 Å². The molecule has 0 spiro atoms. The molecule has 1 aromatic heterocycles. The molecule has 2 aromatic rings. The Labute approximate surface area is 125 Å². The lowest BCUT2D eigenvalue weighted by Gasteiger charge is -2.35. The third kappa shape index (κ3) is 2.78. The van der Waals surface area contributed by atoms with Gasteiger partial charge in [-0.05, 0) is 38.8 Å². The normalized spacial score (nSPS) is 22.6. The molecule has 0 aliphatic carbocycles. The Morgan fingerprint density at radius 3 is 2.57 bits per heavy atom. The third-order valence-electron chi connectivity index (χ3n) is 4.17. The lowest BCUT2D eigenvalue weighted by Crippen LogP contribution is -2.54. The van der Waals surface area contributed by atoms with Crippen molar-refractivity contribution in [2.75, 3.05) is 18.0 Å². The minimum Gasteiger partial charge on any atom is -0.336 e. The first-order chi connectivity index (χ1) is 10.0. The van der Waals surface area contributed by atoms with Crippen molar-refractivity contribution < 1.29 is 0 Å². The lowest BCUT2D eigenvalue weighted by atomic mass is 10.0. The van der Waals surface area contributed by atoms with Gasteiger partial charge in [0.1, 0.15) is 0 Å². The van der Waals surface area contributed by atoms with E-state index in [-0.39, 0.29) is 0 Å². The van der Waals surface area contributed by atoms with Crippen LogP contribution in [0.1, 0.15) is 25.0 Å². The van der Waals surface area contributed by atoms with Crippen LogP contribution in [0.15, 0.2) is 18.2 Å². The first-order valence-electron chi connectivity index (χ1n) is 7.54. The van der Waals surface area contributed by atoms with Gasteiger partial charge < -0.3 is 10.2 Å². The van der Waals surface area contributed by atoms with Crippen LogP contribution in [-0.2, 0) is 0 Å². The maximum absolute atomic E-state index is 4.71. The molecule has 1 aliphatic rings. The number of anilines is 1. The first kappa shape index (κ1) is 14.1. The van der Waals surface area contributed by atoms with E-state index in [4.69, 9.17) is 4.98 Å². The second-order valence-electron chi connectivity index (χ2n) is 6.11. The summed E-state index contributed by atoms with van der Waals surface area (Å²) in [4.78, 5) is 6.95. The second kappa shape index (κ2) is 5.48. The van der Waals surface area contributed by atoms with Crippen molar-refractivity contribution in [2.24, 2.45) is 0 Å². The van der Waals surface area contributed by atoms with Crippen molar-refractivity contribution >= 4 is 5.95 Å². The summed E-state index contributed by atoms with van der Waals surface area (Å²) in [5.41, 5.74) is 3.65. The summed E-state index contributed by atoms with van der Waals surface area (Å²) in [5, 5.41) is 11.0. The number of hydrogen-bond acceptors (Lipinski definition) is 4. The Kier molecular flexibility index (Phi) is 3.68. The van der Waals surface area contributed by atoms with E-state index in [2.05, 4.69) is 66.3 Å². The van der Waals surface area contributed by atoms with E-state index in [9.17, 15) is 0 Å². The molecule has 0 radical (unpaired) electrons. The Morgan fingerprint density at radius 2 is 1.86 bits per heavy atom. The molecular formula is C16H23N5. The third-order valence-corrected chi connectivity index (χ3v) is 4.17. The van der Waals surface area contributed by atoms with E-state index in [1.807, 2.05) is 0 Å². The summed E-state index contributed by atoms with van der Waals surface area (Å²) in [6.07, 6.45) is 0. The molecular weight excluding hydrogens is 262 g/mol. The molecule has 3 rings (SSSR count). The van der Waals surface area contributed by atoms with Crippen molar-refractivity contribution in [3.8, 4) is 11.4 Å². The van der Waals surface area contributed by atoms with Gasteiger partial charge in [-0.15, -0.1) is 5.10 Å². The van der Waals surface area contributed by atoms with Crippen LogP contribution in [0.4, 0.5) is 5.95 Å². The molecule has 1 aromatic carbocycles. The van der Waals surface area contributed by atoms with E-state index < -0.39 is 0 Å². The predicted molar refractivity (Wildman–Crippen MR) is 85.6 cm³/mol. The topological polar surface area (TPSA) is 56.8 Å². The maximum Gasteiger partial charge on any atom is 0.245 e. The van der Waals surface area contributed by atoms with E-state index in [0.29, 0.717) is 12.1 Å². The van der Waals surface area contributed by atoms with Crippen molar-refractivity contribution in [1.82, 2.24) is 20.5 Å². The van der Waals surface area contributed by atoms with Gasteiger partial charge in [0, 0.05) is 30.7 Å². The number of piperazine rings is 1. The SMILES string of the molecule is Cc1cccc(-c2nc(N3CC(C)NC(C)C3)n[nH]2)c1C. The van der Waals surface area contributed by atoms with Crippen molar-refractivity contribution in [1.29, 1.82) is 0 Å². The van der Waals surface area contributed by atoms with Gasteiger partial charge in [-0.1, -0.05) is 18.2 Å². The van der Waals surface area contributed by atoms with Crippen LogP contribution in [0.25, 0.3) is 11.4 Å². The van der Waals surface area contributed by atoms with Crippen LogP contribution in [0.3, 0.4) is 0 Å². The largest absolute Gasteiger partial charge is 0.336 e. The molecule has 0 bridgehead atoms. The molecule has 1 fully saturated rings. The highest BCUT2D eigenvalue weighted by atomic mass is 15.4. The van der Waals surface area contributed by atoms with Gasteiger partial charge in [0.05, 0.1) is 0 Å². The number of H-pyrrole nitrogens is 1. The number of benzene rings is 1. The average molecular weight is 285 g/mol. The highest BCUT2D eigenvalue weighted by Crippen LogP contribution is 2.24.